The highest BCUT2D eigenvalue weighted by atomic mass is 35.5. The van der Waals surface area contributed by atoms with Crippen molar-refractivity contribution in [2.45, 2.75) is 12.6 Å². The Kier molecular flexibility index (Phi) is 4.57. The molecule has 0 amide bonds. The summed E-state index contributed by atoms with van der Waals surface area (Å²) >= 11 is 6.10. The van der Waals surface area contributed by atoms with E-state index in [9.17, 15) is 0 Å². The number of rotatable bonds is 4. The number of aryl methyl sites for hydroxylation is 1. The van der Waals surface area contributed by atoms with Crippen LogP contribution in [0, 0.1) is 0 Å². The highest BCUT2D eigenvalue weighted by Crippen LogP contribution is 2.27. The van der Waals surface area contributed by atoms with Gasteiger partial charge in [0.1, 0.15) is 11.6 Å². The van der Waals surface area contributed by atoms with Crippen molar-refractivity contribution in [3.63, 3.8) is 0 Å². The van der Waals surface area contributed by atoms with Crippen molar-refractivity contribution in [2.24, 2.45) is 7.05 Å². The Morgan fingerprint density at radius 2 is 2.28 bits per heavy atom. The third-order valence-corrected chi connectivity index (χ3v) is 4.79. The van der Waals surface area contributed by atoms with E-state index in [1.54, 1.807) is 0 Å². The lowest BCUT2D eigenvalue weighted by molar-refractivity contribution is -0.0170. The second-order valence-electron chi connectivity index (χ2n) is 6.21. The summed E-state index contributed by atoms with van der Waals surface area (Å²) in [6.45, 7) is 2.96. The van der Waals surface area contributed by atoms with Gasteiger partial charge in [-0.05, 0) is 12.1 Å². The Bertz CT molecular complexity index is 859. The molecular formula is C18H20ClN5O. The smallest absolute Gasteiger partial charge is 0.126 e. The summed E-state index contributed by atoms with van der Waals surface area (Å²) in [5, 5.41) is 0.714. The summed E-state index contributed by atoms with van der Waals surface area (Å²) in [5.74, 6) is 1.94. The Hall–Kier alpha value is -2.15. The fourth-order valence-corrected chi connectivity index (χ4v) is 3.31. The molecule has 1 atom stereocenters. The average molecular weight is 358 g/mol. The van der Waals surface area contributed by atoms with Gasteiger partial charge >= 0.3 is 0 Å². The Morgan fingerprint density at radius 3 is 3.08 bits per heavy atom. The van der Waals surface area contributed by atoms with Crippen molar-refractivity contribution in [1.29, 1.82) is 0 Å². The van der Waals surface area contributed by atoms with Crippen LogP contribution in [0.3, 0.4) is 0 Å². The summed E-state index contributed by atoms with van der Waals surface area (Å²) in [4.78, 5) is 14.8. The first-order valence-electron chi connectivity index (χ1n) is 8.29. The van der Waals surface area contributed by atoms with E-state index in [0.717, 1.165) is 42.6 Å². The van der Waals surface area contributed by atoms with E-state index in [2.05, 4.69) is 19.9 Å². The number of hydrogen-bond donors (Lipinski definition) is 1. The van der Waals surface area contributed by atoms with Gasteiger partial charge < -0.3 is 14.3 Å². The third-order valence-electron chi connectivity index (χ3n) is 4.55. The van der Waals surface area contributed by atoms with Gasteiger partial charge in [-0.25, -0.2) is 9.97 Å². The lowest BCUT2D eigenvalue weighted by atomic mass is 10.2. The predicted octanol–water partition coefficient (Wildman–Crippen LogP) is 3.04. The second kappa shape index (κ2) is 7.00. The molecule has 3 aromatic rings. The van der Waals surface area contributed by atoms with Gasteiger partial charge in [0, 0.05) is 36.6 Å². The molecule has 1 aliphatic rings. The molecule has 1 N–H and O–H groups in total. The highest BCUT2D eigenvalue weighted by molar-refractivity contribution is 6.30. The van der Waals surface area contributed by atoms with Crippen molar-refractivity contribution >= 4 is 11.6 Å². The Morgan fingerprint density at radius 1 is 1.36 bits per heavy atom. The lowest BCUT2D eigenvalue weighted by Crippen LogP contribution is -2.40. The number of nitrogens with zero attached hydrogens (tertiary/aromatic N) is 4. The summed E-state index contributed by atoms with van der Waals surface area (Å²) in [5.41, 5.74) is 1.98. The topological polar surface area (TPSA) is 59.0 Å². The minimum Gasteiger partial charge on any atom is -0.378 e. The number of ether oxygens (including phenoxy) is 1. The normalized spacial score (nSPS) is 18.6. The molecule has 1 aromatic carbocycles. The van der Waals surface area contributed by atoms with Crippen LogP contribution in [0.2, 0.25) is 5.02 Å². The number of imidazole rings is 2. The van der Waals surface area contributed by atoms with E-state index in [-0.39, 0.29) is 6.04 Å². The van der Waals surface area contributed by atoms with Gasteiger partial charge in [0.2, 0.25) is 0 Å². The fourth-order valence-electron chi connectivity index (χ4n) is 3.12. The number of nitrogens with one attached hydrogen (secondary N) is 1. The van der Waals surface area contributed by atoms with Crippen LogP contribution >= 0.6 is 11.6 Å². The molecule has 1 fully saturated rings. The predicted molar refractivity (Wildman–Crippen MR) is 96.2 cm³/mol. The van der Waals surface area contributed by atoms with E-state index in [1.165, 1.54) is 0 Å². The molecule has 6 nitrogen and oxygen atoms in total. The summed E-state index contributed by atoms with van der Waals surface area (Å²) in [7, 11) is 2.02. The lowest BCUT2D eigenvalue weighted by Gasteiger charge is -2.34. The van der Waals surface area contributed by atoms with Crippen LogP contribution in [0.15, 0.2) is 42.9 Å². The molecule has 3 heterocycles. The zero-order valence-electron chi connectivity index (χ0n) is 14.0. The number of aromatic nitrogens is 4. The van der Waals surface area contributed by atoms with Gasteiger partial charge in [0.15, 0.2) is 0 Å². The molecule has 0 spiro atoms. The maximum atomic E-state index is 6.10. The molecule has 4 rings (SSSR count). The minimum atomic E-state index is 0.0818. The van der Waals surface area contributed by atoms with Crippen LogP contribution in [0.5, 0.6) is 0 Å². The molecule has 0 radical (unpaired) electrons. The zero-order chi connectivity index (χ0) is 17.2. The molecule has 7 heteroatoms. The number of aromatic amines is 1. The second-order valence-corrected chi connectivity index (χ2v) is 6.64. The Balaban J connectivity index is 1.57. The van der Waals surface area contributed by atoms with Gasteiger partial charge in [-0.2, -0.15) is 0 Å². The first-order chi connectivity index (χ1) is 12.2. The molecule has 0 aliphatic carbocycles. The third kappa shape index (κ3) is 3.46. The number of hydrogen-bond acceptors (Lipinski definition) is 4. The van der Waals surface area contributed by atoms with Crippen LogP contribution in [-0.2, 0) is 18.3 Å². The molecule has 0 bridgehead atoms. The van der Waals surface area contributed by atoms with Crippen molar-refractivity contribution in [3.05, 3.63) is 59.5 Å². The van der Waals surface area contributed by atoms with Crippen molar-refractivity contribution in [3.8, 4) is 11.3 Å². The molecule has 1 aliphatic heterocycles. The number of H-pyrrole nitrogens is 1. The number of morpholine rings is 1. The van der Waals surface area contributed by atoms with Gasteiger partial charge in [0.05, 0.1) is 37.7 Å². The van der Waals surface area contributed by atoms with Crippen molar-refractivity contribution < 1.29 is 4.74 Å². The van der Waals surface area contributed by atoms with Crippen LogP contribution in [-0.4, -0.2) is 44.2 Å². The van der Waals surface area contributed by atoms with Crippen LogP contribution in [0.4, 0.5) is 0 Å². The quantitative estimate of drug-likeness (QED) is 0.779. The number of halogens is 1. The van der Waals surface area contributed by atoms with Crippen LogP contribution in [0.1, 0.15) is 17.7 Å². The van der Waals surface area contributed by atoms with Gasteiger partial charge in [-0.15, -0.1) is 0 Å². The average Bonchev–Trinajstić information content (AvgIpc) is 3.25. The monoisotopic (exact) mass is 357 g/mol. The molecule has 25 heavy (non-hydrogen) atoms. The Labute approximate surface area is 151 Å². The van der Waals surface area contributed by atoms with E-state index < -0.39 is 0 Å². The van der Waals surface area contributed by atoms with Crippen molar-refractivity contribution in [1.82, 2.24) is 24.4 Å². The van der Waals surface area contributed by atoms with Gasteiger partial charge in [0.25, 0.3) is 0 Å². The highest BCUT2D eigenvalue weighted by Gasteiger charge is 2.28. The van der Waals surface area contributed by atoms with E-state index in [1.807, 2.05) is 54.5 Å². The molecule has 1 saturated heterocycles. The maximum absolute atomic E-state index is 6.10. The van der Waals surface area contributed by atoms with Crippen LogP contribution in [0.25, 0.3) is 11.3 Å². The largest absolute Gasteiger partial charge is 0.378 e. The van der Waals surface area contributed by atoms with Gasteiger partial charge in [-0.3, -0.25) is 4.90 Å². The molecule has 130 valence electrons. The SMILES string of the molecule is Cn1ccnc1CN1CCOCC1c1ncc(-c2cccc(Cl)c2)[nH]1. The summed E-state index contributed by atoms with van der Waals surface area (Å²) in [6.07, 6.45) is 5.65. The van der Waals surface area contributed by atoms with E-state index in [4.69, 9.17) is 16.3 Å². The molecular weight excluding hydrogens is 338 g/mol. The van der Waals surface area contributed by atoms with E-state index in [0.29, 0.717) is 11.6 Å². The first-order valence-corrected chi connectivity index (χ1v) is 8.67. The van der Waals surface area contributed by atoms with E-state index >= 15 is 0 Å². The fraction of sp³-hybridized carbons (Fsp3) is 0.333. The first kappa shape index (κ1) is 16.3. The molecule has 2 aromatic heterocycles. The minimum absolute atomic E-state index is 0.0818. The van der Waals surface area contributed by atoms with Crippen LogP contribution < -0.4 is 0 Å². The maximum Gasteiger partial charge on any atom is 0.126 e. The van der Waals surface area contributed by atoms with Gasteiger partial charge in [-0.1, -0.05) is 23.7 Å². The molecule has 1 unspecified atom stereocenters. The zero-order valence-corrected chi connectivity index (χ0v) is 14.8. The molecule has 0 saturated carbocycles. The van der Waals surface area contributed by atoms with Crippen molar-refractivity contribution in [2.75, 3.05) is 19.8 Å². The number of benzene rings is 1. The summed E-state index contributed by atoms with van der Waals surface area (Å²) < 4.78 is 7.75. The summed E-state index contributed by atoms with van der Waals surface area (Å²) in [6, 6.07) is 7.84. The standard InChI is InChI=1S/C18H20ClN5O/c1-23-6-5-20-17(23)11-24-7-8-25-12-16(24)18-21-10-15(22-18)13-3-2-4-14(19)9-13/h2-6,9-10,16H,7-8,11-12H2,1H3,(H,21,22).